The number of nitrogens with zero attached hydrogens (tertiary/aromatic N) is 6. The van der Waals surface area contributed by atoms with Gasteiger partial charge in [0.25, 0.3) is 5.91 Å². The molecule has 0 atom stereocenters. The monoisotopic (exact) mass is 450 g/mol. The first kappa shape index (κ1) is 21.8. The molecular formula is C27H26N6O. The van der Waals surface area contributed by atoms with Crippen LogP contribution in [0.1, 0.15) is 65.0 Å². The lowest BCUT2D eigenvalue weighted by Crippen LogP contribution is -2.31. The number of aryl methyl sites for hydroxylation is 1. The standard InChI is InChI=1S/C27H26N6O/c1-3-14-32(17-20-9-7-19(16-28)8-10-20)27(34)22-15-23(21-11-12-21)30-26-25(22)18(2)31-33(26)24-6-4-5-13-29-24/h4-10,13,15,21H,3,11-12,14,17H2,1-2H3. The van der Waals surface area contributed by atoms with Crippen LogP contribution in [0, 0.1) is 18.3 Å². The Morgan fingerprint density at radius 2 is 2.00 bits per heavy atom. The Morgan fingerprint density at radius 1 is 1.21 bits per heavy atom. The third-order valence-electron chi connectivity index (χ3n) is 6.16. The van der Waals surface area contributed by atoms with E-state index in [0.717, 1.165) is 41.6 Å². The molecule has 170 valence electrons. The molecule has 7 heteroatoms. The van der Waals surface area contributed by atoms with Crippen molar-refractivity contribution in [1.29, 1.82) is 5.26 Å². The summed E-state index contributed by atoms with van der Waals surface area (Å²) in [6, 6.07) is 17.2. The highest BCUT2D eigenvalue weighted by Crippen LogP contribution is 2.41. The topological polar surface area (TPSA) is 87.7 Å². The molecule has 1 amide bonds. The number of carbonyl (C=O) groups excluding carboxylic acids is 1. The first-order valence-electron chi connectivity index (χ1n) is 11.7. The van der Waals surface area contributed by atoms with E-state index in [1.54, 1.807) is 23.0 Å². The van der Waals surface area contributed by atoms with Gasteiger partial charge in [0.2, 0.25) is 0 Å². The third kappa shape index (κ3) is 4.15. The van der Waals surface area contributed by atoms with Gasteiger partial charge in [-0.05, 0) is 62.1 Å². The van der Waals surface area contributed by atoms with Crippen molar-refractivity contribution >= 4 is 16.9 Å². The highest BCUT2D eigenvalue weighted by atomic mass is 16.2. The highest BCUT2D eigenvalue weighted by molar-refractivity contribution is 6.06. The number of fused-ring (bicyclic) bond motifs is 1. The molecule has 0 saturated heterocycles. The van der Waals surface area contributed by atoms with Crippen molar-refractivity contribution in [2.24, 2.45) is 0 Å². The molecule has 1 aliphatic rings. The zero-order valence-corrected chi connectivity index (χ0v) is 19.4. The fourth-order valence-corrected chi connectivity index (χ4v) is 4.30. The van der Waals surface area contributed by atoms with E-state index in [4.69, 9.17) is 15.3 Å². The number of carbonyl (C=O) groups is 1. The second-order valence-electron chi connectivity index (χ2n) is 8.79. The fourth-order valence-electron chi connectivity index (χ4n) is 4.30. The maximum Gasteiger partial charge on any atom is 0.255 e. The van der Waals surface area contributed by atoms with Gasteiger partial charge in [0.1, 0.15) is 0 Å². The van der Waals surface area contributed by atoms with E-state index in [-0.39, 0.29) is 5.91 Å². The van der Waals surface area contributed by atoms with Crippen LogP contribution in [0.3, 0.4) is 0 Å². The van der Waals surface area contributed by atoms with Gasteiger partial charge in [0.05, 0.1) is 28.3 Å². The molecule has 34 heavy (non-hydrogen) atoms. The maximum absolute atomic E-state index is 14.0. The van der Waals surface area contributed by atoms with Crippen LogP contribution in [0.25, 0.3) is 16.9 Å². The van der Waals surface area contributed by atoms with E-state index in [1.807, 2.05) is 48.2 Å². The summed E-state index contributed by atoms with van der Waals surface area (Å²) in [5.41, 5.74) is 4.64. The van der Waals surface area contributed by atoms with E-state index >= 15 is 0 Å². The lowest BCUT2D eigenvalue weighted by Gasteiger charge is -2.23. The second-order valence-corrected chi connectivity index (χ2v) is 8.79. The summed E-state index contributed by atoms with van der Waals surface area (Å²) in [6.07, 6.45) is 4.76. The van der Waals surface area contributed by atoms with Gasteiger partial charge < -0.3 is 4.90 Å². The summed E-state index contributed by atoms with van der Waals surface area (Å²) in [5.74, 6) is 1.05. The third-order valence-corrected chi connectivity index (χ3v) is 6.16. The average molecular weight is 451 g/mol. The number of hydrogen-bond donors (Lipinski definition) is 0. The van der Waals surface area contributed by atoms with Crippen LogP contribution in [0.2, 0.25) is 0 Å². The van der Waals surface area contributed by atoms with Gasteiger partial charge in [-0.1, -0.05) is 25.1 Å². The van der Waals surface area contributed by atoms with Gasteiger partial charge in [-0.15, -0.1) is 0 Å². The molecule has 1 saturated carbocycles. The van der Waals surface area contributed by atoms with Gasteiger partial charge in [0, 0.05) is 30.9 Å². The van der Waals surface area contributed by atoms with Crippen molar-refractivity contribution in [2.75, 3.05) is 6.54 Å². The summed E-state index contributed by atoms with van der Waals surface area (Å²) in [4.78, 5) is 25.2. The van der Waals surface area contributed by atoms with Crippen LogP contribution in [0.15, 0.2) is 54.7 Å². The van der Waals surface area contributed by atoms with Gasteiger partial charge in [-0.3, -0.25) is 4.79 Å². The Balaban J connectivity index is 1.60. The van der Waals surface area contributed by atoms with Crippen molar-refractivity contribution in [3.8, 4) is 11.9 Å². The van der Waals surface area contributed by atoms with Gasteiger partial charge in [-0.2, -0.15) is 15.0 Å². The number of nitriles is 1. The molecule has 0 bridgehead atoms. The predicted octanol–water partition coefficient (Wildman–Crippen LogP) is 4.93. The molecule has 1 fully saturated rings. The molecule has 0 N–H and O–H groups in total. The zero-order valence-electron chi connectivity index (χ0n) is 19.4. The number of aromatic nitrogens is 4. The Hall–Kier alpha value is -4.05. The van der Waals surface area contributed by atoms with Crippen LogP contribution < -0.4 is 0 Å². The minimum absolute atomic E-state index is 0.0239. The largest absolute Gasteiger partial charge is 0.334 e. The first-order chi connectivity index (χ1) is 16.6. The van der Waals surface area contributed by atoms with E-state index in [2.05, 4.69) is 18.0 Å². The van der Waals surface area contributed by atoms with E-state index in [0.29, 0.717) is 41.6 Å². The van der Waals surface area contributed by atoms with Crippen molar-refractivity contribution in [2.45, 2.75) is 45.6 Å². The number of benzene rings is 1. The smallest absolute Gasteiger partial charge is 0.255 e. The maximum atomic E-state index is 14.0. The average Bonchev–Trinajstić information content (AvgIpc) is 3.67. The summed E-state index contributed by atoms with van der Waals surface area (Å²) < 4.78 is 1.75. The lowest BCUT2D eigenvalue weighted by molar-refractivity contribution is 0.0745. The van der Waals surface area contributed by atoms with Crippen LogP contribution in [0.5, 0.6) is 0 Å². The molecule has 1 aromatic carbocycles. The van der Waals surface area contributed by atoms with Crippen LogP contribution in [0.4, 0.5) is 0 Å². The van der Waals surface area contributed by atoms with Crippen molar-refractivity contribution in [3.05, 3.63) is 82.8 Å². The van der Waals surface area contributed by atoms with E-state index in [1.165, 1.54) is 0 Å². The molecule has 0 aliphatic heterocycles. The molecule has 7 nitrogen and oxygen atoms in total. The minimum Gasteiger partial charge on any atom is -0.334 e. The SMILES string of the molecule is CCCN(Cc1ccc(C#N)cc1)C(=O)c1cc(C2CC2)nc2c1c(C)nn2-c1ccccn1. The highest BCUT2D eigenvalue weighted by Gasteiger charge is 2.30. The Morgan fingerprint density at radius 3 is 2.65 bits per heavy atom. The Bertz CT molecular complexity index is 1380. The minimum atomic E-state index is -0.0239. The molecule has 1 aliphatic carbocycles. The summed E-state index contributed by atoms with van der Waals surface area (Å²) in [6.45, 7) is 5.10. The normalized spacial score (nSPS) is 13.1. The second kappa shape index (κ2) is 9.06. The van der Waals surface area contributed by atoms with Crippen LogP contribution in [-0.2, 0) is 6.54 Å². The summed E-state index contributed by atoms with van der Waals surface area (Å²) >= 11 is 0. The van der Waals surface area contributed by atoms with Crippen molar-refractivity contribution < 1.29 is 4.79 Å². The number of pyridine rings is 2. The number of hydrogen-bond acceptors (Lipinski definition) is 5. The Kier molecular flexibility index (Phi) is 5.81. The molecule has 3 aromatic heterocycles. The van der Waals surface area contributed by atoms with Gasteiger partial charge in [-0.25, -0.2) is 9.97 Å². The van der Waals surface area contributed by atoms with E-state index in [9.17, 15) is 4.79 Å². The summed E-state index contributed by atoms with van der Waals surface area (Å²) in [5, 5.41) is 14.6. The Labute approximate surface area is 198 Å². The first-order valence-corrected chi connectivity index (χ1v) is 11.7. The molecule has 5 rings (SSSR count). The zero-order chi connectivity index (χ0) is 23.7. The lowest BCUT2D eigenvalue weighted by atomic mass is 10.1. The van der Waals surface area contributed by atoms with Gasteiger partial charge in [0.15, 0.2) is 11.5 Å². The van der Waals surface area contributed by atoms with E-state index < -0.39 is 0 Å². The molecular weight excluding hydrogens is 424 g/mol. The van der Waals surface area contributed by atoms with Crippen molar-refractivity contribution in [3.63, 3.8) is 0 Å². The quantitative estimate of drug-likeness (QED) is 0.399. The predicted molar refractivity (Wildman–Crippen MR) is 130 cm³/mol. The van der Waals surface area contributed by atoms with Crippen molar-refractivity contribution in [1.82, 2.24) is 24.6 Å². The number of rotatable bonds is 7. The molecule has 0 radical (unpaired) electrons. The van der Waals surface area contributed by atoms with Crippen LogP contribution in [-0.4, -0.2) is 37.1 Å². The molecule has 3 heterocycles. The van der Waals surface area contributed by atoms with Gasteiger partial charge >= 0.3 is 0 Å². The molecule has 0 spiro atoms. The number of amides is 1. The molecule has 0 unspecified atom stereocenters. The summed E-state index contributed by atoms with van der Waals surface area (Å²) in [7, 11) is 0. The molecule has 4 aromatic rings. The fraction of sp³-hybridized carbons (Fsp3) is 0.296. The van der Waals surface area contributed by atoms with Crippen LogP contribution >= 0.6 is 0 Å².